The lowest BCUT2D eigenvalue weighted by Crippen LogP contribution is -2.43. The zero-order chi connectivity index (χ0) is 26.3. The van der Waals surface area contributed by atoms with Gasteiger partial charge in [-0.2, -0.15) is 0 Å². The van der Waals surface area contributed by atoms with Gasteiger partial charge in [0.25, 0.3) is 0 Å². The molecule has 0 radical (unpaired) electrons. The van der Waals surface area contributed by atoms with E-state index in [0.717, 1.165) is 11.3 Å². The summed E-state index contributed by atoms with van der Waals surface area (Å²) in [6, 6.07) is 18.2. The van der Waals surface area contributed by atoms with Gasteiger partial charge in [-0.05, 0) is 67.9 Å². The molecule has 2 heterocycles. The number of ether oxygens (including phenoxy) is 2. The molecule has 1 atom stereocenters. The molecule has 2 aromatic carbocycles. The summed E-state index contributed by atoms with van der Waals surface area (Å²) in [7, 11) is 0. The third-order valence-corrected chi connectivity index (χ3v) is 6.42. The fourth-order valence-electron chi connectivity index (χ4n) is 4.27. The Morgan fingerprint density at radius 3 is 2.35 bits per heavy atom. The number of nitrogens with one attached hydrogen (secondary N) is 1. The quantitative estimate of drug-likeness (QED) is 0.386. The van der Waals surface area contributed by atoms with Crippen LogP contribution in [0, 0.1) is 5.92 Å². The van der Waals surface area contributed by atoms with E-state index in [9.17, 15) is 18.0 Å². The smallest absolute Gasteiger partial charge is 0.488 e. The topological polar surface area (TPSA) is 63.7 Å². The highest BCUT2D eigenvalue weighted by molar-refractivity contribution is 6.30. The number of halogens is 4. The fraction of sp³-hybridized carbons (Fsp3) is 0.333. The molecule has 0 bridgehead atoms. The number of piperidine rings is 1. The number of para-hydroxylation sites is 2. The zero-order valence-electron chi connectivity index (χ0n) is 20.0. The maximum atomic E-state index is 13.2. The third-order valence-electron chi connectivity index (χ3n) is 6.17. The summed E-state index contributed by atoms with van der Waals surface area (Å²) in [6.45, 7) is 2.08. The minimum Gasteiger partial charge on any atom is -0.488 e. The van der Waals surface area contributed by atoms with Crippen LogP contribution < -0.4 is 14.8 Å². The number of rotatable bonds is 9. The molecule has 1 aliphatic rings. The van der Waals surface area contributed by atoms with Crippen molar-refractivity contribution < 1.29 is 27.4 Å². The van der Waals surface area contributed by atoms with Crippen molar-refractivity contribution in [2.24, 2.45) is 5.92 Å². The predicted octanol–water partition coefficient (Wildman–Crippen LogP) is 5.63. The van der Waals surface area contributed by atoms with Gasteiger partial charge in [-0.1, -0.05) is 41.9 Å². The summed E-state index contributed by atoms with van der Waals surface area (Å²) in [5, 5.41) is 3.76. The van der Waals surface area contributed by atoms with E-state index in [-0.39, 0.29) is 29.9 Å². The molecule has 1 unspecified atom stereocenters. The third kappa shape index (κ3) is 7.84. The molecule has 1 fully saturated rings. The second kappa shape index (κ2) is 12.3. The van der Waals surface area contributed by atoms with E-state index in [1.54, 1.807) is 24.4 Å². The first-order valence-electron chi connectivity index (χ1n) is 12.0. The van der Waals surface area contributed by atoms with Gasteiger partial charge in [0.2, 0.25) is 5.91 Å². The summed E-state index contributed by atoms with van der Waals surface area (Å²) in [4.78, 5) is 19.7. The predicted molar refractivity (Wildman–Crippen MR) is 133 cm³/mol. The molecule has 196 valence electrons. The van der Waals surface area contributed by atoms with Gasteiger partial charge in [-0.25, -0.2) is 0 Å². The van der Waals surface area contributed by atoms with Gasteiger partial charge in [0.15, 0.2) is 11.5 Å². The molecular weight excluding hydrogens is 507 g/mol. The minimum atomic E-state index is -4.79. The number of hydrogen-bond donors (Lipinski definition) is 1. The molecular formula is C27H27ClF3N3O3. The van der Waals surface area contributed by atoms with Crippen molar-refractivity contribution in [3.8, 4) is 11.5 Å². The lowest BCUT2D eigenvalue weighted by molar-refractivity contribution is -0.275. The monoisotopic (exact) mass is 533 g/mol. The van der Waals surface area contributed by atoms with Gasteiger partial charge in [-0.15, -0.1) is 13.2 Å². The molecule has 0 aliphatic carbocycles. The molecule has 4 rings (SSSR count). The first-order chi connectivity index (χ1) is 17.8. The molecule has 1 aliphatic heterocycles. The van der Waals surface area contributed by atoms with E-state index in [4.69, 9.17) is 16.3 Å². The first kappa shape index (κ1) is 26.8. The molecule has 37 heavy (non-hydrogen) atoms. The van der Waals surface area contributed by atoms with Crippen LogP contribution in [0.1, 0.15) is 30.1 Å². The van der Waals surface area contributed by atoms with Gasteiger partial charge >= 0.3 is 6.36 Å². The molecule has 10 heteroatoms. The highest BCUT2D eigenvalue weighted by atomic mass is 35.5. The molecule has 1 saturated heterocycles. The van der Waals surface area contributed by atoms with Crippen molar-refractivity contribution in [1.29, 1.82) is 0 Å². The van der Waals surface area contributed by atoms with Crippen LogP contribution in [0.4, 0.5) is 13.2 Å². The van der Waals surface area contributed by atoms with Gasteiger partial charge in [0.1, 0.15) is 6.61 Å². The number of nitrogens with zero attached hydrogens (tertiary/aromatic N) is 2. The van der Waals surface area contributed by atoms with Crippen molar-refractivity contribution in [2.45, 2.75) is 25.2 Å². The molecule has 1 amide bonds. The molecule has 1 N–H and O–H groups in total. The van der Waals surface area contributed by atoms with Crippen LogP contribution in [0.2, 0.25) is 5.02 Å². The van der Waals surface area contributed by atoms with Crippen molar-refractivity contribution >= 4 is 17.5 Å². The normalized spacial score (nSPS) is 15.7. The number of alkyl halides is 3. The van der Waals surface area contributed by atoms with E-state index >= 15 is 0 Å². The summed E-state index contributed by atoms with van der Waals surface area (Å²) in [5.41, 5.74) is 1.63. The Hall–Kier alpha value is -3.30. The Kier molecular flexibility index (Phi) is 8.89. The summed E-state index contributed by atoms with van der Waals surface area (Å²) < 4.78 is 47.4. The number of benzene rings is 2. The second-order valence-electron chi connectivity index (χ2n) is 8.71. The van der Waals surface area contributed by atoms with Gasteiger partial charge in [0.05, 0.1) is 11.7 Å². The number of carbonyl (C=O) groups is 1. The average Bonchev–Trinajstić information content (AvgIpc) is 2.89. The maximum Gasteiger partial charge on any atom is 0.573 e. The lowest BCUT2D eigenvalue weighted by Gasteiger charge is -2.32. The summed E-state index contributed by atoms with van der Waals surface area (Å²) >= 11 is 6.04. The van der Waals surface area contributed by atoms with Crippen LogP contribution in [-0.2, 0) is 4.79 Å². The number of aromatic nitrogens is 1. The number of likely N-dealkylation sites (tertiary alicyclic amines) is 1. The Morgan fingerprint density at radius 2 is 1.70 bits per heavy atom. The van der Waals surface area contributed by atoms with E-state index in [1.807, 2.05) is 30.3 Å². The first-order valence-corrected chi connectivity index (χ1v) is 12.3. The molecule has 0 spiro atoms. The Bertz CT molecular complexity index is 1150. The molecule has 6 nitrogen and oxygen atoms in total. The number of amides is 1. The highest BCUT2D eigenvalue weighted by Gasteiger charge is 2.32. The average molecular weight is 534 g/mol. The number of carbonyl (C=O) groups excluding carboxylic acids is 1. The Balaban J connectivity index is 1.28. The van der Waals surface area contributed by atoms with E-state index < -0.39 is 12.4 Å². The van der Waals surface area contributed by atoms with E-state index in [2.05, 4.69) is 19.9 Å². The van der Waals surface area contributed by atoms with Crippen LogP contribution in [0.15, 0.2) is 72.9 Å². The van der Waals surface area contributed by atoms with Crippen molar-refractivity contribution in [1.82, 2.24) is 15.2 Å². The minimum absolute atomic E-state index is 0.0388. The van der Waals surface area contributed by atoms with Crippen LogP contribution in [-0.4, -0.2) is 48.4 Å². The van der Waals surface area contributed by atoms with Crippen LogP contribution in [0.25, 0.3) is 0 Å². The zero-order valence-corrected chi connectivity index (χ0v) is 20.7. The summed E-state index contributed by atoms with van der Waals surface area (Å²) in [6.07, 6.45) is -1.77. The van der Waals surface area contributed by atoms with Crippen LogP contribution in [0.3, 0.4) is 0 Å². The standard InChI is InChI=1S/C27H27ClF3N3O3/c28-21-10-8-19(9-11-21)25(22-5-3-4-14-32-22)33-26(35)20-12-15-34(16-13-20)17-18-36-23-6-1-2-7-24(23)37-27(29,30)31/h1-11,14,20,25H,12-13,15-18H2,(H,33,35). The van der Waals surface area contributed by atoms with E-state index in [1.165, 1.54) is 18.2 Å². The summed E-state index contributed by atoms with van der Waals surface area (Å²) in [5.74, 6) is -0.526. The lowest BCUT2D eigenvalue weighted by atomic mass is 9.94. The van der Waals surface area contributed by atoms with Gasteiger partial charge in [0, 0.05) is 23.7 Å². The van der Waals surface area contributed by atoms with Crippen molar-refractivity contribution in [3.05, 3.63) is 89.2 Å². The highest BCUT2D eigenvalue weighted by Crippen LogP contribution is 2.32. The van der Waals surface area contributed by atoms with Crippen molar-refractivity contribution in [2.75, 3.05) is 26.2 Å². The van der Waals surface area contributed by atoms with Gasteiger partial charge in [-0.3, -0.25) is 14.7 Å². The van der Waals surface area contributed by atoms with Crippen LogP contribution in [0.5, 0.6) is 11.5 Å². The van der Waals surface area contributed by atoms with E-state index in [0.29, 0.717) is 37.5 Å². The SMILES string of the molecule is O=C(NC(c1ccc(Cl)cc1)c1ccccn1)C1CCN(CCOc2ccccc2OC(F)(F)F)CC1. The maximum absolute atomic E-state index is 13.2. The number of hydrogen-bond acceptors (Lipinski definition) is 5. The molecule has 3 aromatic rings. The number of pyridine rings is 1. The van der Waals surface area contributed by atoms with Crippen molar-refractivity contribution in [3.63, 3.8) is 0 Å². The fourth-order valence-corrected chi connectivity index (χ4v) is 4.40. The largest absolute Gasteiger partial charge is 0.573 e. The molecule has 0 saturated carbocycles. The second-order valence-corrected chi connectivity index (χ2v) is 9.14. The van der Waals surface area contributed by atoms with Gasteiger partial charge < -0.3 is 14.8 Å². The Labute approximate surface area is 218 Å². The van der Waals surface area contributed by atoms with Crippen LogP contribution >= 0.6 is 11.6 Å². The Morgan fingerprint density at radius 1 is 1.03 bits per heavy atom. The molecule has 1 aromatic heterocycles.